The van der Waals surface area contributed by atoms with E-state index in [1.165, 1.54) is 0 Å². The largest absolute Gasteiger partial charge is 0.490 e. The van der Waals surface area contributed by atoms with Crippen molar-refractivity contribution in [1.29, 1.82) is 0 Å². The molecule has 19 heavy (non-hydrogen) atoms. The van der Waals surface area contributed by atoms with Gasteiger partial charge in [-0.3, -0.25) is 4.79 Å². The first kappa shape index (κ1) is 13.6. The molecule has 0 saturated heterocycles. The molecule has 0 amide bonds. The molecule has 0 aromatic heterocycles. The lowest BCUT2D eigenvalue weighted by molar-refractivity contribution is -0.138. The van der Waals surface area contributed by atoms with E-state index < -0.39 is 18.1 Å². The predicted octanol–water partition coefficient (Wildman–Crippen LogP) is 0.650. The van der Waals surface area contributed by atoms with Crippen LogP contribution >= 0.6 is 0 Å². The topological polar surface area (TPSA) is 108 Å². The van der Waals surface area contributed by atoms with Crippen molar-refractivity contribution in [2.45, 2.75) is 24.9 Å². The molecule has 0 bridgehead atoms. The van der Waals surface area contributed by atoms with Crippen molar-refractivity contribution in [2.24, 2.45) is 11.5 Å². The molecule has 0 saturated carbocycles. The van der Waals surface area contributed by atoms with Crippen LogP contribution in [0.15, 0.2) is 18.2 Å². The van der Waals surface area contributed by atoms with E-state index in [1.807, 2.05) is 6.07 Å². The predicted molar refractivity (Wildman–Crippen MR) is 69.2 cm³/mol. The average Bonchev–Trinajstić information content (AvgIpc) is 2.62. The second-order valence-electron chi connectivity index (χ2n) is 4.54. The lowest BCUT2D eigenvalue weighted by Gasteiger charge is -2.16. The maximum Gasteiger partial charge on any atom is 0.320 e. The Morgan fingerprint density at radius 2 is 1.95 bits per heavy atom. The summed E-state index contributed by atoms with van der Waals surface area (Å²) in [5.74, 6) is 0.287. The molecule has 6 heteroatoms. The summed E-state index contributed by atoms with van der Waals surface area (Å²) in [5.41, 5.74) is 12.2. The van der Waals surface area contributed by atoms with Gasteiger partial charge in [-0.25, -0.2) is 0 Å². The number of hydrogen-bond acceptors (Lipinski definition) is 5. The lowest BCUT2D eigenvalue weighted by Crippen LogP contribution is -2.33. The molecule has 0 radical (unpaired) electrons. The Bertz CT molecular complexity index is 464. The molecule has 1 aliphatic rings. The van der Waals surface area contributed by atoms with E-state index in [4.69, 9.17) is 26.0 Å². The van der Waals surface area contributed by atoms with Crippen LogP contribution in [0.4, 0.5) is 0 Å². The number of rotatable bonds is 4. The van der Waals surface area contributed by atoms with E-state index in [-0.39, 0.29) is 6.42 Å². The first-order chi connectivity index (χ1) is 9.08. The van der Waals surface area contributed by atoms with Crippen molar-refractivity contribution < 1.29 is 19.4 Å². The fourth-order valence-corrected chi connectivity index (χ4v) is 1.92. The van der Waals surface area contributed by atoms with Crippen LogP contribution < -0.4 is 20.9 Å². The van der Waals surface area contributed by atoms with Crippen LogP contribution in [0.1, 0.15) is 24.4 Å². The summed E-state index contributed by atoms with van der Waals surface area (Å²) in [7, 11) is 0. The fourth-order valence-electron chi connectivity index (χ4n) is 1.92. The summed E-state index contributed by atoms with van der Waals surface area (Å²) in [6, 6.07) is 3.99. The highest BCUT2D eigenvalue weighted by Crippen LogP contribution is 2.32. The molecule has 2 rings (SSSR count). The summed E-state index contributed by atoms with van der Waals surface area (Å²) in [6.07, 6.45) is 1.01. The molecular formula is C13H18N2O4. The van der Waals surface area contributed by atoms with Crippen LogP contribution in [0, 0.1) is 0 Å². The van der Waals surface area contributed by atoms with E-state index in [2.05, 4.69) is 0 Å². The van der Waals surface area contributed by atoms with Gasteiger partial charge in [-0.05, 0) is 24.1 Å². The number of nitrogens with two attached hydrogens (primary N) is 2. The standard InChI is InChI=1S/C13H18N2O4/c14-9(7-10(15)13(16)17)8-2-3-11-12(6-8)19-5-1-4-18-11/h2-3,6,9-10H,1,4-5,7,14-15H2,(H,16,17)/t9-,10+/m1/s1. The van der Waals surface area contributed by atoms with Crippen molar-refractivity contribution in [3.63, 3.8) is 0 Å². The van der Waals surface area contributed by atoms with Gasteiger partial charge in [0.15, 0.2) is 11.5 Å². The van der Waals surface area contributed by atoms with E-state index in [0.717, 1.165) is 12.0 Å². The second kappa shape index (κ2) is 5.90. The Balaban J connectivity index is 2.12. The molecule has 1 aliphatic heterocycles. The monoisotopic (exact) mass is 266 g/mol. The Kier molecular flexibility index (Phi) is 4.24. The number of carbonyl (C=O) groups is 1. The van der Waals surface area contributed by atoms with Gasteiger partial charge in [0.2, 0.25) is 0 Å². The molecule has 6 nitrogen and oxygen atoms in total. The zero-order valence-corrected chi connectivity index (χ0v) is 10.5. The van der Waals surface area contributed by atoms with Gasteiger partial charge in [0.1, 0.15) is 6.04 Å². The highest BCUT2D eigenvalue weighted by molar-refractivity contribution is 5.73. The van der Waals surface area contributed by atoms with Crippen LogP contribution in [0.3, 0.4) is 0 Å². The SMILES string of the molecule is N[C@H](C[C@H](N)C(=O)O)c1ccc2c(c1)OCCCO2. The molecule has 0 unspecified atom stereocenters. The van der Waals surface area contributed by atoms with Crippen molar-refractivity contribution in [2.75, 3.05) is 13.2 Å². The number of carboxylic acids is 1. The molecule has 1 heterocycles. The maximum atomic E-state index is 10.7. The fraction of sp³-hybridized carbons (Fsp3) is 0.462. The average molecular weight is 266 g/mol. The first-order valence-corrected chi connectivity index (χ1v) is 6.21. The molecule has 1 aromatic rings. The third-order valence-corrected chi connectivity index (χ3v) is 3.02. The second-order valence-corrected chi connectivity index (χ2v) is 4.54. The number of carboxylic acid groups (broad SMARTS) is 1. The van der Waals surface area contributed by atoms with E-state index in [9.17, 15) is 4.79 Å². The maximum absolute atomic E-state index is 10.7. The Morgan fingerprint density at radius 3 is 2.63 bits per heavy atom. The third kappa shape index (κ3) is 3.36. The third-order valence-electron chi connectivity index (χ3n) is 3.02. The zero-order valence-electron chi connectivity index (χ0n) is 10.5. The molecular weight excluding hydrogens is 248 g/mol. The van der Waals surface area contributed by atoms with Crippen LogP contribution in [0.25, 0.3) is 0 Å². The summed E-state index contributed by atoms with van der Waals surface area (Å²) >= 11 is 0. The minimum absolute atomic E-state index is 0.176. The lowest BCUT2D eigenvalue weighted by atomic mass is 10.00. The van der Waals surface area contributed by atoms with Crippen LogP contribution in [-0.4, -0.2) is 30.3 Å². The minimum Gasteiger partial charge on any atom is -0.490 e. The van der Waals surface area contributed by atoms with Crippen LogP contribution in [0.2, 0.25) is 0 Å². The molecule has 104 valence electrons. The van der Waals surface area contributed by atoms with Crippen LogP contribution in [-0.2, 0) is 4.79 Å². The number of aliphatic carboxylic acids is 1. The number of fused-ring (bicyclic) bond motifs is 1. The normalized spacial score (nSPS) is 17.4. The van der Waals surface area contributed by atoms with Crippen molar-refractivity contribution in [3.8, 4) is 11.5 Å². The van der Waals surface area contributed by atoms with Gasteiger partial charge in [0.05, 0.1) is 13.2 Å². The van der Waals surface area contributed by atoms with Gasteiger partial charge in [-0.2, -0.15) is 0 Å². The molecule has 1 aromatic carbocycles. The van der Waals surface area contributed by atoms with Gasteiger partial charge >= 0.3 is 5.97 Å². The van der Waals surface area contributed by atoms with Gasteiger partial charge in [-0.15, -0.1) is 0 Å². The Labute approximate surface area is 111 Å². The van der Waals surface area contributed by atoms with E-state index in [1.54, 1.807) is 12.1 Å². The molecule has 5 N–H and O–H groups in total. The highest BCUT2D eigenvalue weighted by Gasteiger charge is 2.19. The summed E-state index contributed by atoms with van der Waals surface area (Å²) in [4.78, 5) is 10.7. The van der Waals surface area contributed by atoms with E-state index in [0.29, 0.717) is 24.7 Å². The Hall–Kier alpha value is -1.79. The highest BCUT2D eigenvalue weighted by atomic mass is 16.5. The summed E-state index contributed by atoms with van der Waals surface area (Å²) in [5, 5.41) is 8.78. The molecule has 0 spiro atoms. The quantitative estimate of drug-likeness (QED) is 0.738. The van der Waals surface area contributed by atoms with Gasteiger partial charge in [-0.1, -0.05) is 6.07 Å². The smallest absolute Gasteiger partial charge is 0.320 e. The molecule has 0 fully saturated rings. The zero-order chi connectivity index (χ0) is 13.8. The molecule has 2 atom stereocenters. The van der Waals surface area contributed by atoms with E-state index >= 15 is 0 Å². The number of hydrogen-bond donors (Lipinski definition) is 3. The van der Waals surface area contributed by atoms with Crippen molar-refractivity contribution >= 4 is 5.97 Å². The number of ether oxygens (including phenoxy) is 2. The van der Waals surface area contributed by atoms with Crippen molar-refractivity contribution in [3.05, 3.63) is 23.8 Å². The van der Waals surface area contributed by atoms with Crippen LogP contribution in [0.5, 0.6) is 11.5 Å². The van der Waals surface area contributed by atoms with Crippen molar-refractivity contribution in [1.82, 2.24) is 0 Å². The summed E-state index contributed by atoms with van der Waals surface area (Å²) in [6.45, 7) is 1.22. The Morgan fingerprint density at radius 1 is 1.26 bits per heavy atom. The minimum atomic E-state index is -1.05. The summed E-state index contributed by atoms with van der Waals surface area (Å²) < 4.78 is 11.1. The molecule has 0 aliphatic carbocycles. The first-order valence-electron chi connectivity index (χ1n) is 6.21. The van der Waals surface area contributed by atoms with Gasteiger partial charge < -0.3 is 26.0 Å². The number of benzene rings is 1. The van der Waals surface area contributed by atoms with Gasteiger partial charge in [0, 0.05) is 12.5 Å². The van der Waals surface area contributed by atoms with Gasteiger partial charge in [0.25, 0.3) is 0 Å².